The molecule has 8 heteroatoms. The largest absolute Gasteiger partial charge is 0.493 e. The zero-order valence-corrected chi connectivity index (χ0v) is 22.0. The Balaban J connectivity index is 1.72. The summed E-state index contributed by atoms with van der Waals surface area (Å²) in [6.07, 6.45) is 8.92. The van der Waals surface area contributed by atoms with Crippen molar-refractivity contribution in [3.05, 3.63) is 58.0 Å². The van der Waals surface area contributed by atoms with Crippen molar-refractivity contribution < 1.29 is 24.2 Å². The maximum absolute atomic E-state index is 13.2. The second kappa shape index (κ2) is 12.7. The molecule has 186 valence electrons. The van der Waals surface area contributed by atoms with Crippen LogP contribution in [0.5, 0.6) is 11.5 Å². The van der Waals surface area contributed by atoms with Crippen LogP contribution in [0.4, 0.5) is 5.69 Å². The molecule has 1 N–H and O–H groups in total. The van der Waals surface area contributed by atoms with Crippen molar-refractivity contribution in [2.75, 3.05) is 18.6 Å². The van der Waals surface area contributed by atoms with E-state index in [-0.39, 0.29) is 11.5 Å². The van der Waals surface area contributed by atoms with Crippen molar-refractivity contribution in [2.45, 2.75) is 52.4 Å². The van der Waals surface area contributed by atoms with Gasteiger partial charge in [0.25, 0.3) is 5.91 Å². The first kappa shape index (κ1) is 26.8. The predicted molar refractivity (Wildman–Crippen MR) is 146 cm³/mol. The molecule has 2 aromatic carbocycles. The molecule has 0 aromatic heterocycles. The number of rotatable bonds is 12. The number of carboxylic acid groups (broad SMARTS) is 1. The topological polar surface area (TPSA) is 76.1 Å². The van der Waals surface area contributed by atoms with Crippen molar-refractivity contribution in [1.82, 2.24) is 0 Å². The van der Waals surface area contributed by atoms with Gasteiger partial charge in [0.1, 0.15) is 0 Å². The molecule has 1 aliphatic rings. The van der Waals surface area contributed by atoms with Gasteiger partial charge in [-0.1, -0.05) is 75.1 Å². The van der Waals surface area contributed by atoms with Crippen LogP contribution in [0.2, 0.25) is 0 Å². The number of aryl methyl sites for hydroxylation is 1. The van der Waals surface area contributed by atoms with Gasteiger partial charge in [0.15, 0.2) is 15.8 Å². The van der Waals surface area contributed by atoms with Crippen molar-refractivity contribution >= 4 is 51.9 Å². The lowest BCUT2D eigenvalue weighted by atomic mass is 10.1. The van der Waals surface area contributed by atoms with Crippen molar-refractivity contribution in [2.24, 2.45) is 0 Å². The summed E-state index contributed by atoms with van der Waals surface area (Å²) in [7, 11) is 1.59. The number of nitrogens with zero attached hydrogens (tertiary/aromatic N) is 1. The Hall–Kier alpha value is -2.84. The molecule has 0 bridgehead atoms. The molecule has 0 atom stereocenters. The lowest BCUT2D eigenvalue weighted by molar-refractivity contribution is -0.113. The Kier molecular flexibility index (Phi) is 9.74. The highest BCUT2D eigenvalue weighted by Gasteiger charge is 2.34. The highest BCUT2D eigenvalue weighted by Crippen LogP contribution is 2.38. The fourth-order valence-corrected chi connectivity index (χ4v) is 5.05. The SMILES string of the molecule is CCCCCCCCOc1ccc(/C=C2\SC(=S)N(c3cc(C(=O)O)ccc3C)C2=O)cc1OC. The molecule has 0 radical (unpaired) electrons. The van der Waals surface area contributed by atoms with Gasteiger partial charge in [-0.15, -0.1) is 0 Å². The number of ether oxygens (including phenoxy) is 2. The molecule has 6 nitrogen and oxygen atoms in total. The molecule has 1 heterocycles. The second-order valence-corrected chi connectivity index (χ2v) is 10.0. The van der Waals surface area contributed by atoms with Crippen LogP contribution >= 0.6 is 24.0 Å². The van der Waals surface area contributed by atoms with Gasteiger partial charge in [0.2, 0.25) is 0 Å². The smallest absolute Gasteiger partial charge is 0.335 e. The van der Waals surface area contributed by atoms with Gasteiger partial charge in [0, 0.05) is 0 Å². The first-order chi connectivity index (χ1) is 16.8. The molecule has 0 unspecified atom stereocenters. The third-order valence-corrected chi connectivity index (χ3v) is 7.03. The maximum Gasteiger partial charge on any atom is 0.335 e. The van der Waals surface area contributed by atoms with E-state index in [0.29, 0.717) is 33.0 Å². The first-order valence-electron chi connectivity index (χ1n) is 11.8. The van der Waals surface area contributed by atoms with E-state index in [4.69, 9.17) is 21.7 Å². The number of carbonyl (C=O) groups is 2. The number of amides is 1. The average Bonchev–Trinajstić information content (AvgIpc) is 3.11. The molecule has 1 saturated heterocycles. The molecule has 35 heavy (non-hydrogen) atoms. The molecule has 1 fully saturated rings. The summed E-state index contributed by atoms with van der Waals surface area (Å²) in [5.74, 6) is -0.0665. The summed E-state index contributed by atoms with van der Waals surface area (Å²) in [5.41, 5.74) is 2.13. The Morgan fingerprint density at radius 2 is 1.83 bits per heavy atom. The third kappa shape index (κ3) is 6.86. The van der Waals surface area contributed by atoms with E-state index < -0.39 is 5.97 Å². The average molecular weight is 514 g/mol. The molecular weight excluding hydrogens is 482 g/mol. The van der Waals surface area contributed by atoms with E-state index in [9.17, 15) is 14.7 Å². The fourth-order valence-electron chi connectivity index (χ4n) is 3.77. The summed E-state index contributed by atoms with van der Waals surface area (Å²) >= 11 is 6.64. The quantitative estimate of drug-likeness (QED) is 0.189. The number of hydrogen-bond donors (Lipinski definition) is 1. The maximum atomic E-state index is 13.2. The lowest BCUT2D eigenvalue weighted by Gasteiger charge is -2.17. The molecule has 0 saturated carbocycles. The Labute approximate surface area is 216 Å². The highest BCUT2D eigenvalue weighted by atomic mass is 32.2. The zero-order valence-electron chi connectivity index (χ0n) is 20.3. The Morgan fingerprint density at radius 1 is 1.09 bits per heavy atom. The van der Waals surface area contributed by atoms with E-state index in [0.717, 1.165) is 24.0 Å². The zero-order chi connectivity index (χ0) is 25.4. The number of aromatic carboxylic acids is 1. The van der Waals surface area contributed by atoms with E-state index in [2.05, 4.69) is 6.92 Å². The van der Waals surface area contributed by atoms with Crippen LogP contribution in [-0.2, 0) is 4.79 Å². The highest BCUT2D eigenvalue weighted by molar-refractivity contribution is 8.27. The van der Waals surface area contributed by atoms with Crippen LogP contribution < -0.4 is 14.4 Å². The molecular formula is C27H31NO5S2. The van der Waals surface area contributed by atoms with E-state index in [1.807, 2.05) is 25.1 Å². The van der Waals surface area contributed by atoms with Crippen molar-refractivity contribution in [1.29, 1.82) is 0 Å². The van der Waals surface area contributed by atoms with Crippen LogP contribution in [0.15, 0.2) is 41.3 Å². The van der Waals surface area contributed by atoms with Crippen LogP contribution in [0.25, 0.3) is 6.08 Å². The number of benzene rings is 2. The van der Waals surface area contributed by atoms with Gasteiger partial charge in [-0.05, 0) is 54.8 Å². The molecule has 0 spiro atoms. The molecule has 3 rings (SSSR count). The van der Waals surface area contributed by atoms with Gasteiger partial charge in [-0.2, -0.15) is 0 Å². The number of thioether (sulfide) groups is 1. The summed E-state index contributed by atoms with van der Waals surface area (Å²) in [6.45, 7) is 4.66. The molecule has 1 amide bonds. The summed E-state index contributed by atoms with van der Waals surface area (Å²) in [6, 6.07) is 10.2. The number of carboxylic acids is 1. The molecule has 1 aliphatic heterocycles. The predicted octanol–water partition coefficient (Wildman–Crippen LogP) is 6.85. The van der Waals surface area contributed by atoms with Crippen LogP contribution in [0.3, 0.4) is 0 Å². The monoisotopic (exact) mass is 513 g/mol. The number of unbranched alkanes of at least 4 members (excludes halogenated alkanes) is 5. The van der Waals surface area contributed by atoms with E-state index >= 15 is 0 Å². The second-order valence-electron chi connectivity index (χ2n) is 8.35. The van der Waals surface area contributed by atoms with Crippen LogP contribution in [-0.4, -0.2) is 35.0 Å². The normalized spacial score (nSPS) is 14.6. The fraction of sp³-hybridized carbons (Fsp3) is 0.370. The van der Waals surface area contributed by atoms with Gasteiger partial charge < -0.3 is 14.6 Å². The molecule has 0 aliphatic carbocycles. The minimum Gasteiger partial charge on any atom is -0.493 e. The Morgan fingerprint density at radius 3 is 2.54 bits per heavy atom. The summed E-state index contributed by atoms with van der Waals surface area (Å²) < 4.78 is 11.8. The standard InChI is InChI=1S/C27H31NO5S2/c1-4-5-6-7-8-9-14-33-22-13-11-19(15-23(22)32-3)16-24-25(29)28(27(34)35-24)21-17-20(26(30)31)12-10-18(21)2/h10-13,15-17H,4-9,14H2,1-3H3,(H,30,31)/b24-16-. The van der Waals surface area contributed by atoms with Crippen molar-refractivity contribution in [3.63, 3.8) is 0 Å². The van der Waals surface area contributed by atoms with Crippen LogP contribution in [0.1, 0.15) is 66.9 Å². The lowest BCUT2D eigenvalue weighted by Crippen LogP contribution is -2.28. The minimum atomic E-state index is -1.06. The summed E-state index contributed by atoms with van der Waals surface area (Å²) in [4.78, 5) is 26.4. The van der Waals surface area contributed by atoms with Gasteiger partial charge in [0.05, 0.1) is 29.9 Å². The number of methoxy groups -OCH3 is 1. The van der Waals surface area contributed by atoms with Crippen molar-refractivity contribution in [3.8, 4) is 11.5 Å². The molecule has 2 aromatic rings. The third-order valence-electron chi connectivity index (χ3n) is 5.73. The minimum absolute atomic E-state index is 0.102. The first-order valence-corrected chi connectivity index (χ1v) is 13.0. The van der Waals surface area contributed by atoms with E-state index in [1.54, 1.807) is 19.3 Å². The van der Waals surface area contributed by atoms with E-state index in [1.165, 1.54) is 54.5 Å². The van der Waals surface area contributed by atoms with Crippen LogP contribution in [0, 0.1) is 6.92 Å². The Bertz CT molecular complexity index is 1130. The number of thiocarbonyl (C=S) groups is 1. The number of hydrogen-bond acceptors (Lipinski definition) is 6. The van der Waals surface area contributed by atoms with Gasteiger partial charge in [-0.25, -0.2) is 4.79 Å². The number of carbonyl (C=O) groups excluding carboxylic acids is 1. The van der Waals surface area contributed by atoms with Gasteiger partial charge >= 0.3 is 5.97 Å². The summed E-state index contributed by atoms with van der Waals surface area (Å²) in [5, 5.41) is 9.33. The van der Waals surface area contributed by atoms with Gasteiger partial charge in [-0.3, -0.25) is 9.69 Å². The number of anilines is 1.